The summed E-state index contributed by atoms with van der Waals surface area (Å²) in [5.74, 6) is 1.52. The molecule has 0 fully saturated rings. The zero-order valence-corrected chi connectivity index (χ0v) is 12.2. The molecule has 1 N–H and O–H groups in total. The Balaban J connectivity index is 1.95. The molecule has 19 heavy (non-hydrogen) atoms. The molecule has 0 aromatic carbocycles. The van der Waals surface area contributed by atoms with Crippen LogP contribution in [-0.4, -0.2) is 19.6 Å². The molecule has 0 saturated carbocycles. The van der Waals surface area contributed by atoms with E-state index in [-0.39, 0.29) is 0 Å². The fraction of sp³-hybridized carbons (Fsp3) is 0.571. The molecular formula is C14H23N5. The van der Waals surface area contributed by atoms with Crippen molar-refractivity contribution in [3.05, 3.63) is 29.7 Å². The quantitative estimate of drug-likeness (QED) is 0.869. The highest BCUT2D eigenvalue weighted by Gasteiger charge is 2.06. The molecule has 0 aliphatic rings. The molecule has 0 atom stereocenters. The Morgan fingerprint density at radius 2 is 2.11 bits per heavy atom. The maximum absolute atomic E-state index is 4.56. The summed E-state index contributed by atoms with van der Waals surface area (Å²) in [6.45, 7) is 11.1. The number of aryl methyl sites for hydroxylation is 2. The third-order valence-electron chi connectivity index (χ3n) is 2.99. The Bertz CT molecular complexity index is 524. The molecule has 0 saturated heterocycles. The molecule has 104 valence electrons. The molecule has 0 spiro atoms. The van der Waals surface area contributed by atoms with Gasteiger partial charge in [-0.2, -0.15) is 10.2 Å². The third kappa shape index (κ3) is 3.59. The van der Waals surface area contributed by atoms with Gasteiger partial charge < -0.3 is 5.32 Å². The van der Waals surface area contributed by atoms with Gasteiger partial charge in [-0.15, -0.1) is 0 Å². The van der Waals surface area contributed by atoms with E-state index in [9.17, 15) is 0 Å². The van der Waals surface area contributed by atoms with Gasteiger partial charge in [-0.05, 0) is 25.8 Å². The number of rotatable bonds is 6. The van der Waals surface area contributed by atoms with E-state index < -0.39 is 0 Å². The van der Waals surface area contributed by atoms with Crippen LogP contribution in [0.2, 0.25) is 0 Å². The highest BCUT2D eigenvalue weighted by Crippen LogP contribution is 2.11. The first-order chi connectivity index (χ1) is 9.08. The molecule has 2 aromatic rings. The summed E-state index contributed by atoms with van der Waals surface area (Å²) in [6, 6.07) is 4.12. The second-order valence-electron chi connectivity index (χ2n) is 5.26. The van der Waals surface area contributed by atoms with E-state index in [0.29, 0.717) is 12.5 Å². The van der Waals surface area contributed by atoms with Crippen molar-refractivity contribution in [2.45, 2.75) is 47.3 Å². The fourth-order valence-electron chi connectivity index (χ4n) is 1.98. The molecule has 2 aromatic heterocycles. The lowest BCUT2D eigenvalue weighted by Crippen LogP contribution is -2.08. The van der Waals surface area contributed by atoms with E-state index in [1.807, 2.05) is 16.9 Å². The molecule has 0 unspecified atom stereocenters. The van der Waals surface area contributed by atoms with Crippen molar-refractivity contribution < 1.29 is 0 Å². The summed E-state index contributed by atoms with van der Waals surface area (Å²) in [7, 11) is 0. The van der Waals surface area contributed by atoms with Crippen LogP contribution in [0.4, 0.5) is 5.82 Å². The lowest BCUT2D eigenvalue weighted by Gasteiger charge is -2.06. The first-order valence-electron chi connectivity index (χ1n) is 6.89. The van der Waals surface area contributed by atoms with Crippen LogP contribution in [0.25, 0.3) is 0 Å². The van der Waals surface area contributed by atoms with Crippen molar-refractivity contribution in [2.24, 2.45) is 5.92 Å². The number of hydrogen-bond donors (Lipinski definition) is 1. The van der Waals surface area contributed by atoms with Crippen LogP contribution in [0.3, 0.4) is 0 Å². The zero-order valence-electron chi connectivity index (χ0n) is 12.2. The number of aromatic nitrogens is 4. The van der Waals surface area contributed by atoms with Gasteiger partial charge in [0.05, 0.1) is 12.2 Å². The van der Waals surface area contributed by atoms with E-state index in [1.165, 1.54) is 5.69 Å². The largest absolute Gasteiger partial charge is 0.363 e. The van der Waals surface area contributed by atoms with Crippen LogP contribution < -0.4 is 5.32 Å². The van der Waals surface area contributed by atoms with Gasteiger partial charge in [0.15, 0.2) is 0 Å². The maximum Gasteiger partial charge on any atom is 0.148 e. The average molecular weight is 261 g/mol. The van der Waals surface area contributed by atoms with Crippen LogP contribution in [0.1, 0.15) is 32.2 Å². The Morgan fingerprint density at radius 3 is 2.74 bits per heavy atom. The second-order valence-corrected chi connectivity index (χ2v) is 5.26. The molecule has 0 amide bonds. The van der Waals surface area contributed by atoms with Gasteiger partial charge in [0.2, 0.25) is 0 Å². The molecule has 2 rings (SSSR count). The Morgan fingerprint density at radius 1 is 1.32 bits per heavy atom. The zero-order chi connectivity index (χ0) is 13.8. The van der Waals surface area contributed by atoms with Crippen molar-refractivity contribution in [2.75, 3.05) is 5.32 Å². The summed E-state index contributed by atoms with van der Waals surface area (Å²) in [4.78, 5) is 0. The molecule has 5 nitrogen and oxygen atoms in total. The minimum Gasteiger partial charge on any atom is -0.363 e. The van der Waals surface area contributed by atoms with Crippen LogP contribution >= 0.6 is 0 Å². The smallest absolute Gasteiger partial charge is 0.148 e. The summed E-state index contributed by atoms with van der Waals surface area (Å²) < 4.78 is 3.98. The standard InChI is InChI=1S/C14H23N5/c1-5-18-7-6-13(16-18)9-15-14-8-12(4)19(17-14)10-11(2)3/h6-8,11H,5,9-10H2,1-4H3,(H,15,17). The first-order valence-corrected chi connectivity index (χ1v) is 6.89. The molecule has 5 heteroatoms. The first kappa shape index (κ1) is 13.6. The predicted molar refractivity (Wildman–Crippen MR) is 77.0 cm³/mol. The SMILES string of the molecule is CCn1ccc(CNc2cc(C)n(CC(C)C)n2)n1. The maximum atomic E-state index is 4.56. The molecular weight excluding hydrogens is 238 g/mol. The predicted octanol–water partition coefficient (Wildman–Crippen LogP) is 2.68. The fourth-order valence-corrected chi connectivity index (χ4v) is 1.98. The number of hydrogen-bond acceptors (Lipinski definition) is 3. The summed E-state index contributed by atoms with van der Waals surface area (Å²) in [5.41, 5.74) is 2.23. The Kier molecular flexibility index (Phi) is 4.24. The van der Waals surface area contributed by atoms with Crippen LogP contribution in [-0.2, 0) is 19.6 Å². The highest BCUT2D eigenvalue weighted by atomic mass is 15.3. The van der Waals surface area contributed by atoms with Crippen LogP contribution in [0.5, 0.6) is 0 Å². The van der Waals surface area contributed by atoms with Gasteiger partial charge in [-0.1, -0.05) is 13.8 Å². The van der Waals surface area contributed by atoms with Gasteiger partial charge in [-0.3, -0.25) is 9.36 Å². The van der Waals surface area contributed by atoms with Gasteiger partial charge >= 0.3 is 0 Å². The van der Waals surface area contributed by atoms with Crippen molar-refractivity contribution in [3.63, 3.8) is 0 Å². The normalized spacial score (nSPS) is 11.2. The third-order valence-corrected chi connectivity index (χ3v) is 2.99. The monoisotopic (exact) mass is 261 g/mol. The van der Waals surface area contributed by atoms with Crippen LogP contribution in [0, 0.1) is 12.8 Å². The summed E-state index contributed by atoms with van der Waals surface area (Å²) in [6.07, 6.45) is 2.00. The summed E-state index contributed by atoms with van der Waals surface area (Å²) in [5, 5.41) is 12.3. The molecule has 0 radical (unpaired) electrons. The Labute approximate surface area is 114 Å². The van der Waals surface area contributed by atoms with Gasteiger partial charge in [0.25, 0.3) is 0 Å². The molecule has 0 aliphatic carbocycles. The second kappa shape index (κ2) is 5.91. The van der Waals surface area contributed by atoms with Crippen molar-refractivity contribution in [1.82, 2.24) is 19.6 Å². The van der Waals surface area contributed by atoms with Crippen molar-refractivity contribution in [3.8, 4) is 0 Å². The summed E-state index contributed by atoms with van der Waals surface area (Å²) >= 11 is 0. The van der Waals surface area contributed by atoms with Gasteiger partial charge in [0, 0.05) is 31.0 Å². The average Bonchev–Trinajstić information content (AvgIpc) is 2.94. The number of nitrogens with one attached hydrogen (secondary N) is 1. The Hall–Kier alpha value is -1.78. The molecule has 0 bridgehead atoms. The number of anilines is 1. The van der Waals surface area contributed by atoms with Crippen LogP contribution in [0.15, 0.2) is 18.3 Å². The van der Waals surface area contributed by atoms with E-state index in [4.69, 9.17) is 0 Å². The van der Waals surface area contributed by atoms with Crippen molar-refractivity contribution >= 4 is 5.82 Å². The number of nitrogens with zero attached hydrogens (tertiary/aromatic N) is 4. The van der Waals surface area contributed by atoms with E-state index in [2.05, 4.69) is 54.0 Å². The van der Waals surface area contributed by atoms with Gasteiger partial charge in [-0.25, -0.2) is 0 Å². The van der Waals surface area contributed by atoms with E-state index in [1.54, 1.807) is 0 Å². The van der Waals surface area contributed by atoms with E-state index >= 15 is 0 Å². The molecule has 0 aliphatic heterocycles. The highest BCUT2D eigenvalue weighted by molar-refractivity contribution is 5.36. The lowest BCUT2D eigenvalue weighted by molar-refractivity contribution is 0.475. The van der Waals surface area contributed by atoms with Gasteiger partial charge in [0.1, 0.15) is 5.82 Å². The topological polar surface area (TPSA) is 47.7 Å². The van der Waals surface area contributed by atoms with Crippen molar-refractivity contribution in [1.29, 1.82) is 0 Å². The minimum atomic E-state index is 0.603. The molecule has 2 heterocycles. The lowest BCUT2D eigenvalue weighted by atomic mass is 10.2. The minimum absolute atomic E-state index is 0.603. The van der Waals surface area contributed by atoms with E-state index in [0.717, 1.165) is 24.6 Å².